The van der Waals surface area contributed by atoms with E-state index in [1.807, 2.05) is 190 Å². The van der Waals surface area contributed by atoms with Crippen LogP contribution in [0.3, 0.4) is 0 Å². The van der Waals surface area contributed by atoms with E-state index in [-0.39, 0.29) is 69.5 Å². The fourth-order valence-corrected chi connectivity index (χ4v) is 16.4. The van der Waals surface area contributed by atoms with Gasteiger partial charge in [0, 0.05) is 53.9 Å². The van der Waals surface area contributed by atoms with Crippen molar-refractivity contribution in [3.05, 3.63) is 210 Å². The standard InChI is InChI=1S/C23H31N3O4S.C22H29N3O4S.C20H33N3O4S.C18H29N3O4S/c1-17(2)14-21(26-31(29,30)16-19-12-8-5-9-13-19)23(28)25-20(22(27)24-3)15-18-10-6-4-7-11-18;1-16(2)14-20(25-30(28,29)18-12-8-5-9-13-18)22(27)24-19(21(26)23-3)15-17-10-6-4-7-11-17;1-5-6-12-28(26,27)23-18(13-15(2)3)20(25)22-17(19(24)21-4)14-16-10-8-7-9-11-16;1-5-26(24,25)21-16(11-13(2)3)18(23)20-15(17(22)19-4)12-14-9-7-6-8-10-14/h4-13,17,20-21,26H,14-16H2,1-3H3,(H,24,27)(H,25,28);4-13,16,19-20,25H,14-15H2,1-3H3,(H,23,26)(H,24,27);7-11,15,17-18,23H,5-6,12-14H2,1-4H3,(H,21,24)(H,22,25);6-10,13,15-16,21H,5,11-12H2,1-4H3,(H,19,22)(H,20,23)/t20-,21-;19-,20-;17-,18-;15-,16-/m0000/s1. The summed E-state index contributed by atoms with van der Waals surface area (Å²) in [7, 11) is -8.74. The second-order valence-electron chi connectivity index (χ2n) is 29.3. The van der Waals surface area contributed by atoms with Crippen molar-refractivity contribution in [3.63, 3.8) is 0 Å². The lowest BCUT2D eigenvalue weighted by molar-refractivity contribution is -0.129. The monoisotopic (exact) mass is 1670 g/mol. The zero-order valence-electron chi connectivity index (χ0n) is 68.6. The molecule has 115 heavy (non-hydrogen) atoms. The number of sulfonamides is 4. The van der Waals surface area contributed by atoms with Gasteiger partial charge in [0.25, 0.3) is 0 Å². The largest absolute Gasteiger partial charge is 0.357 e. The first-order valence-electron chi connectivity index (χ1n) is 38.6. The molecule has 32 heteroatoms. The summed E-state index contributed by atoms with van der Waals surface area (Å²) in [5.41, 5.74) is 4.21. The van der Waals surface area contributed by atoms with Gasteiger partial charge in [0.05, 0.1) is 22.2 Å². The van der Waals surface area contributed by atoms with Crippen molar-refractivity contribution in [2.24, 2.45) is 23.7 Å². The lowest BCUT2D eigenvalue weighted by Crippen LogP contribution is -2.54. The predicted octanol–water partition coefficient (Wildman–Crippen LogP) is 6.26. The number of benzene rings is 6. The van der Waals surface area contributed by atoms with Gasteiger partial charge >= 0.3 is 0 Å². The van der Waals surface area contributed by atoms with Crippen LogP contribution in [0.2, 0.25) is 0 Å². The fraction of sp³-hybridized carbons (Fsp3) is 0.470. The average molecular weight is 1670 g/mol. The second-order valence-corrected chi connectivity index (χ2v) is 36.7. The van der Waals surface area contributed by atoms with Crippen molar-refractivity contribution in [2.45, 2.75) is 192 Å². The summed E-state index contributed by atoms with van der Waals surface area (Å²) < 4.78 is 109. The maximum atomic E-state index is 13.0. The van der Waals surface area contributed by atoms with Crippen molar-refractivity contribution in [3.8, 4) is 0 Å². The minimum Gasteiger partial charge on any atom is -0.357 e. The van der Waals surface area contributed by atoms with E-state index in [0.717, 1.165) is 28.7 Å². The van der Waals surface area contributed by atoms with Crippen LogP contribution in [-0.4, -0.2) is 169 Å². The molecule has 0 heterocycles. The van der Waals surface area contributed by atoms with Crippen LogP contribution in [-0.2, 0) is 110 Å². The molecule has 0 unspecified atom stereocenters. The average Bonchev–Trinajstić information content (AvgIpc) is 0.865. The number of hydrogen-bond acceptors (Lipinski definition) is 16. The molecule has 6 aromatic carbocycles. The molecule has 28 nitrogen and oxygen atoms in total. The van der Waals surface area contributed by atoms with E-state index in [9.17, 15) is 72.0 Å². The Kier molecular flexibility index (Phi) is 44.9. The Morgan fingerprint density at radius 3 is 0.765 bits per heavy atom. The first kappa shape index (κ1) is 99.9. The van der Waals surface area contributed by atoms with Crippen LogP contribution in [0, 0.1) is 23.7 Å². The van der Waals surface area contributed by atoms with Crippen LogP contribution >= 0.6 is 0 Å². The molecule has 12 N–H and O–H groups in total. The van der Waals surface area contributed by atoms with Crippen LogP contribution in [0.25, 0.3) is 0 Å². The predicted molar refractivity (Wildman–Crippen MR) is 451 cm³/mol. The molecule has 634 valence electrons. The molecule has 0 aromatic heterocycles. The molecular formula is C83H122N12O16S4. The Morgan fingerprint density at radius 2 is 0.522 bits per heavy atom. The molecule has 0 saturated carbocycles. The molecule has 0 bridgehead atoms. The van der Waals surface area contributed by atoms with Gasteiger partial charge < -0.3 is 42.5 Å². The normalized spacial score (nSPS) is 13.6. The molecule has 8 atom stereocenters. The number of amides is 8. The van der Waals surface area contributed by atoms with E-state index < -0.39 is 112 Å². The summed E-state index contributed by atoms with van der Waals surface area (Å²) in [4.78, 5) is 101. The quantitative estimate of drug-likeness (QED) is 0.0201. The van der Waals surface area contributed by atoms with E-state index in [1.165, 1.54) is 47.2 Å². The number of carbonyl (C=O) groups excluding carboxylic acids is 8. The minimum absolute atomic E-state index is 0.0196. The highest BCUT2D eigenvalue weighted by Gasteiger charge is 2.34. The number of rotatable bonds is 43. The Morgan fingerprint density at radius 1 is 0.287 bits per heavy atom. The lowest BCUT2D eigenvalue weighted by Gasteiger charge is -2.24. The molecule has 6 rings (SSSR count). The summed E-state index contributed by atoms with van der Waals surface area (Å²) in [5, 5.41) is 21.1. The third kappa shape index (κ3) is 40.2. The summed E-state index contributed by atoms with van der Waals surface area (Å²) in [5.74, 6) is -3.39. The molecular weight excluding hydrogens is 1550 g/mol. The van der Waals surface area contributed by atoms with Crippen molar-refractivity contribution in [2.75, 3.05) is 39.7 Å². The highest BCUT2D eigenvalue weighted by Crippen LogP contribution is 2.17. The first-order valence-corrected chi connectivity index (χ1v) is 45.1. The van der Waals surface area contributed by atoms with E-state index in [4.69, 9.17) is 0 Å². The number of carbonyl (C=O) groups is 8. The number of nitrogens with one attached hydrogen (secondary N) is 12. The van der Waals surface area contributed by atoms with Gasteiger partial charge in [-0.05, 0) is 103 Å². The zero-order chi connectivity index (χ0) is 85.9. The Bertz CT molecular complexity index is 4410. The van der Waals surface area contributed by atoms with Gasteiger partial charge in [-0.15, -0.1) is 0 Å². The molecule has 0 aliphatic carbocycles. The van der Waals surface area contributed by atoms with Crippen molar-refractivity contribution in [1.29, 1.82) is 0 Å². The lowest BCUT2D eigenvalue weighted by atomic mass is 10.0. The second kappa shape index (κ2) is 51.6. The molecule has 0 aliphatic heterocycles. The van der Waals surface area contributed by atoms with Crippen LogP contribution in [0.15, 0.2) is 187 Å². The molecule has 0 saturated heterocycles. The Hall–Kier alpha value is -9.28. The summed E-state index contributed by atoms with van der Waals surface area (Å²) in [6, 6.07) is 47.0. The first-order chi connectivity index (χ1) is 54.3. The van der Waals surface area contributed by atoms with Gasteiger partial charge in [0.15, 0.2) is 0 Å². The van der Waals surface area contributed by atoms with Gasteiger partial charge in [0.2, 0.25) is 87.4 Å². The van der Waals surface area contributed by atoms with E-state index in [1.54, 1.807) is 42.5 Å². The molecule has 8 amide bonds. The van der Waals surface area contributed by atoms with Gasteiger partial charge in [0.1, 0.15) is 48.3 Å². The molecule has 6 aromatic rings. The highest BCUT2D eigenvalue weighted by molar-refractivity contribution is 7.90. The molecule has 0 radical (unpaired) electrons. The third-order valence-electron chi connectivity index (χ3n) is 17.4. The van der Waals surface area contributed by atoms with Crippen molar-refractivity contribution >= 4 is 87.4 Å². The minimum atomic E-state index is -3.88. The van der Waals surface area contributed by atoms with Gasteiger partial charge in [-0.2, -0.15) is 4.72 Å². The number of unbranched alkanes of at least 4 members (excludes halogenated alkanes) is 1. The molecule has 0 fully saturated rings. The number of likely N-dealkylation sites (N-methyl/N-ethyl adjacent to an activating group) is 4. The maximum absolute atomic E-state index is 13.0. The summed E-state index contributed by atoms with van der Waals surface area (Å²) >= 11 is 0. The van der Waals surface area contributed by atoms with Gasteiger partial charge in [-0.3, -0.25) is 38.4 Å². The van der Waals surface area contributed by atoms with E-state index in [2.05, 4.69) is 61.4 Å². The van der Waals surface area contributed by atoms with Gasteiger partial charge in [-0.1, -0.05) is 239 Å². The molecule has 0 aliphatic rings. The van der Waals surface area contributed by atoms with E-state index >= 15 is 0 Å². The van der Waals surface area contributed by atoms with Crippen LogP contribution in [0.1, 0.15) is 136 Å². The fourth-order valence-electron chi connectivity index (χ4n) is 11.6. The third-order valence-corrected chi connectivity index (χ3v) is 23.1. The van der Waals surface area contributed by atoms with Crippen LogP contribution in [0.5, 0.6) is 0 Å². The molecule has 0 spiro atoms. The van der Waals surface area contributed by atoms with Crippen LogP contribution < -0.4 is 61.4 Å². The van der Waals surface area contributed by atoms with E-state index in [0.29, 0.717) is 63.4 Å². The summed E-state index contributed by atoms with van der Waals surface area (Å²) in [6.45, 7) is 18.7. The SMILES string of the molecule is CCCCS(=O)(=O)N[C@@H](CC(C)C)C(=O)N[C@@H](Cc1ccccc1)C(=O)NC.CCS(=O)(=O)N[C@@H](CC(C)C)C(=O)N[C@@H](Cc1ccccc1)C(=O)NC.CNC(=O)[C@H](Cc1ccccc1)NC(=O)[C@H](CC(C)C)NS(=O)(=O)Cc1ccccc1.CNC(=O)[C@H](Cc1ccccc1)NC(=O)[C@H](CC(C)C)NS(=O)(=O)c1ccccc1. The Labute approximate surface area is 682 Å². The van der Waals surface area contributed by atoms with Crippen molar-refractivity contribution < 1.29 is 72.0 Å². The summed E-state index contributed by atoms with van der Waals surface area (Å²) in [6.07, 6.45) is 3.82. The topological polar surface area (TPSA) is 417 Å². The highest BCUT2D eigenvalue weighted by atomic mass is 32.2. The Balaban J connectivity index is 0.000000398. The van der Waals surface area contributed by atoms with Crippen LogP contribution in [0.4, 0.5) is 0 Å². The van der Waals surface area contributed by atoms with Crippen molar-refractivity contribution in [1.82, 2.24) is 61.4 Å². The van der Waals surface area contributed by atoms with Gasteiger partial charge in [-0.25, -0.2) is 47.8 Å². The maximum Gasteiger partial charge on any atom is 0.242 e. The smallest absolute Gasteiger partial charge is 0.242 e. The zero-order valence-corrected chi connectivity index (χ0v) is 71.9. The number of hydrogen-bond donors (Lipinski definition) is 12.